The fraction of sp³-hybridized carbons (Fsp3) is 0.286. The lowest BCUT2D eigenvalue weighted by atomic mass is 10.0. The smallest absolute Gasteiger partial charge is 0.105 e. The van der Waals surface area contributed by atoms with Gasteiger partial charge in [0, 0.05) is 12.5 Å². The fourth-order valence-corrected chi connectivity index (χ4v) is 2.22. The van der Waals surface area contributed by atoms with Crippen LogP contribution in [0.5, 0.6) is 0 Å². The first kappa shape index (κ1) is 13.5. The van der Waals surface area contributed by atoms with Crippen LogP contribution in [-0.2, 0) is 12.8 Å². The lowest BCUT2D eigenvalue weighted by Gasteiger charge is -2.15. The molecule has 1 heterocycles. The Morgan fingerprint density at radius 1 is 1.17 bits per heavy atom. The molecule has 0 spiro atoms. The van der Waals surface area contributed by atoms with E-state index in [1.165, 1.54) is 0 Å². The number of benzene rings is 1. The molecule has 96 valence electrons. The Kier molecular flexibility index (Phi) is 4.70. The molecule has 2 nitrogen and oxygen atoms in total. The van der Waals surface area contributed by atoms with Gasteiger partial charge in [-0.05, 0) is 43.3 Å². The van der Waals surface area contributed by atoms with E-state index in [0.29, 0.717) is 16.1 Å². The summed E-state index contributed by atoms with van der Waals surface area (Å²) in [6, 6.07) is 9.95. The van der Waals surface area contributed by atoms with Crippen molar-refractivity contribution in [3.8, 4) is 0 Å². The van der Waals surface area contributed by atoms with E-state index < -0.39 is 0 Å². The highest BCUT2D eigenvalue weighted by molar-refractivity contribution is 6.42. The van der Waals surface area contributed by atoms with E-state index in [4.69, 9.17) is 27.6 Å². The maximum atomic E-state index is 6.01. The molecule has 0 saturated carbocycles. The third-order valence-corrected chi connectivity index (χ3v) is 3.64. The van der Waals surface area contributed by atoms with E-state index in [0.717, 1.165) is 24.2 Å². The monoisotopic (exact) mass is 283 g/mol. The van der Waals surface area contributed by atoms with E-state index in [9.17, 15) is 0 Å². The molecule has 2 rings (SSSR count). The van der Waals surface area contributed by atoms with Gasteiger partial charge in [0.1, 0.15) is 5.76 Å². The minimum Gasteiger partial charge on any atom is -0.469 e. The fourth-order valence-electron chi connectivity index (χ4n) is 1.90. The zero-order valence-electron chi connectivity index (χ0n) is 10.1. The maximum absolute atomic E-state index is 6.01. The van der Waals surface area contributed by atoms with Gasteiger partial charge in [0.15, 0.2) is 0 Å². The second-order valence-electron chi connectivity index (χ2n) is 4.22. The first-order chi connectivity index (χ1) is 8.69. The predicted molar refractivity (Wildman–Crippen MR) is 75.4 cm³/mol. The Labute approximate surface area is 117 Å². The van der Waals surface area contributed by atoms with Crippen molar-refractivity contribution in [2.45, 2.75) is 18.9 Å². The lowest BCUT2D eigenvalue weighted by molar-refractivity contribution is 0.456. The van der Waals surface area contributed by atoms with Crippen molar-refractivity contribution in [3.63, 3.8) is 0 Å². The highest BCUT2D eigenvalue weighted by atomic mass is 35.5. The van der Waals surface area contributed by atoms with E-state index in [-0.39, 0.29) is 0 Å². The molecule has 0 amide bonds. The molecule has 4 heteroatoms. The van der Waals surface area contributed by atoms with Gasteiger partial charge in [-0.3, -0.25) is 0 Å². The topological polar surface area (TPSA) is 25.2 Å². The van der Waals surface area contributed by atoms with Gasteiger partial charge in [-0.15, -0.1) is 0 Å². The van der Waals surface area contributed by atoms with E-state index in [1.54, 1.807) is 6.26 Å². The predicted octanol–water partition coefficient (Wildman–Crippen LogP) is 3.96. The molecule has 0 aliphatic carbocycles. The van der Waals surface area contributed by atoms with Crippen molar-refractivity contribution < 1.29 is 4.42 Å². The molecule has 1 atom stereocenters. The first-order valence-corrected chi connectivity index (χ1v) is 6.58. The van der Waals surface area contributed by atoms with Crippen LogP contribution in [0.2, 0.25) is 10.0 Å². The Balaban J connectivity index is 2.03. The van der Waals surface area contributed by atoms with Crippen molar-refractivity contribution in [2.75, 3.05) is 7.05 Å². The third kappa shape index (κ3) is 3.52. The number of furan rings is 1. The molecule has 1 aromatic carbocycles. The second-order valence-corrected chi connectivity index (χ2v) is 5.04. The van der Waals surface area contributed by atoms with Crippen LogP contribution >= 0.6 is 23.2 Å². The summed E-state index contributed by atoms with van der Waals surface area (Å²) in [7, 11) is 1.95. The highest BCUT2D eigenvalue weighted by Gasteiger charge is 2.11. The number of halogens is 2. The van der Waals surface area contributed by atoms with Crippen molar-refractivity contribution in [3.05, 3.63) is 58.0 Å². The molecule has 0 aliphatic heterocycles. The van der Waals surface area contributed by atoms with Crippen LogP contribution in [0.15, 0.2) is 41.0 Å². The SMILES string of the molecule is CNC(Cc1ccc(Cl)c(Cl)c1)Cc1ccco1. The van der Waals surface area contributed by atoms with Crippen molar-refractivity contribution >= 4 is 23.2 Å². The summed E-state index contributed by atoms with van der Waals surface area (Å²) >= 11 is 11.9. The summed E-state index contributed by atoms with van der Waals surface area (Å²) in [5, 5.41) is 4.48. The summed E-state index contributed by atoms with van der Waals surface area (Å²) in [4.78, 5) is 0. The minimum atomic E-state index is 0.313. The van der Waals surface area contributed by atoms with Crippen LogP contribution in [-0.4, -0.2) is 13.1 Å². The van der Waals surface area contributed by atoms with Crippen LogP contribution in [0.4, 0.5) is 0 Å². The molecule has 0 bridgehead atoms. The molecule has 2 aromatic rings. The number of hydrogen-bond acceptors (Lipinski definition) is 2. The van der Waals surface area contributed by atoms with E-state index in [1.807, 2.05) is 37.4 Å². The summed E-state index contributed by atoms with van der Waals surface area (Å²) < 4.78 is 5.36. The Hall–Kier alpha value is -0.960. The van der Waals surface area contributed by atoms with Gasteiger partial charge in [-0.25, -0.2) is 0 Å². The molecular weight excluding hydrogens is 269 g/mol. The maximum Gasteiger partial charge on any atom is 0.105 e. The Morgan fingerprint density at radius 3 is 2.61 bits per heavy atom. The van der Waals surface area contributed by atoms with Gasteiger partial charge in [0.2, 0.25) is 0 Å². The van der Waals surface area contributed by atoms with Crippen molar-refractivity contribution in [2.24, 2.45) is 0 Å². The number of hydrogen-bond donors (Lipinski definition) is 1. The average Bonchev–Trinajstić information content (AvgIpc) is 2.86. The molecule has 18 heavy (non-hydrogen) atoms. The molecular formula is C14H15Cl2NO. The van der Waals surface area contributed by atoms with Gasteiger partial charge in [0.05, 0.1) is 16.3 Å². The van der Waals surface area contributed by atoms with Gasteiger partial charge in [-0.1, -0.05) is 29.3 Å². The molecule has 0 radical (unpaired) electrons. The van der Waals surface area contributed by atoms with Gasteiger partial charge in [-0.2, -0.15) is 0 Å². The molecule has 0 saturated heterocycles. The zero-order valence-corrected chi connectivity index (χ0v) is 11.6. The normalized spacial score (nSPS) is 12.6. The van der Waals surface area contributed by atoms with Crippen molar-refractivity contribution in [1.82, 2.24) is 5.32 Å². The number of nitrogens with one attached hydrogen (secondary N) is 1. The summed E-state index contributed by atoms with van der Waals surface area (Å²) in [6.45, 7) is 0. The van der Waals surface area contributed by atoms with E-state index in [2.05, 4.69) is 5.32 Å². The summed E-state index contributed by atoms with van der Waals surface area (Å²) in [5.41, 5.74) is 1.16. The summed E-state index contributed by atoms with van der Waals surface area (Å²) in [5.74, 6) is 0.981. The van der Waals surface area contributed by atoms with Gasteiger partial charge < -0.3 is 9.73 Å². The molecule has 1 unspecified atom stereocenters. The molecule has 0 fully saturated rings. The quantitative estimate of drug-likeness (QED) is 0.899. The molecule has 1 N–H and O–H groups in total. The molecule has 0 aliphatic rings. The standard InChI is InChI=1S/C14H15Cl2NO/c1-17-11(9-12-3-2-6-18-12)7-10-4-5-13(15)14(16)8-10/h2-6,8,11,17H,7,9H2,1H3. The third-order valence-electron chi connectivity index (χ3n) is 2.90. The lowest BCUT2D eigenvalue weighted by Crippen LogP contribution is -2.29. The largest absolute Gasteiger partial charge is 0.469 e. The second kappa shape index (κ2) is 6.28. The summed E-state index contributed by atoms with van der Waals surface area (Å²) in [6.07, 6.45) is 3.43. The van der Waals surface area contributed by atoms with Crippen LogP contribution < -0.4 is 5.32 Å². The van der Waals surface area contributed by atoms with Crippen LogP contribution in [0.25, 0.3) is 0 Å². The Morgan fingerprint density at radius 2 is 2.00 bits per heavy atom. The minimum absolute atomic E-state index is 0.313. The number of rotatable bonds is 5. The van der Waals surface area contributed by atoms with Gasteiger partial charge in [0.25, 0.3) is 0 Å². The first-order valence-electron chi connectivity index (χ1n) is 5.82. The highest BCUT2D eigenvalue weighted by Crippen LogP contribution is 2.23. The number of likely N-dealkylation sites (N-methyl/N-ethyl adjacent to an activating group) is 1. The van der Waals surface area contributed by atoms with Crippen LogP contribution in [0.1, 0.15) is 11.3 Å². The van der Waals surface area contributed by atoms with Crippen LogP contribution in [0, 0.1) is 0 Å². The zero-order chi connectivity index (χ0) is 13.0. The van der Waals surface area contributed by atoms with Crippen molar-refractivity contribution in [1.29, 1.82) is 0 Å². The van der Waals surface area contributed by atoms with E-state index >= 15 is 0 Å². The average molecular weight is 284 g/mol. The van der Waals surface area contributed by atoms with Crippen LogP contribution in [0.3, 0.4) is 0 Å². The molecule has 1 aromatic heterocycles. The Bertz CT molecular complexity index is 497. The van der Waals surface area contributed by atoms with Gasteiger partial charge >= 0.3 is 0 Å².